The molecule has 0 fully saturated rings. The number of carbonyl (C=O) groups is 1. The molecule has 0 atom stereocenters. The van der Waals surface area contributed by atoms with Crippen LogP contribution in [-0.2, 0) is 19.3 Å². The Balaban J connectivity index is 1.57. The first-order valence-electron chi connectivity index (χ1n) is 8.94. The Morgan fingerprint density at radius 3 is 2.15 bits per heavy atom. The lowest BCUT2D eigenvalue weighted by Gasteiger charge is -2.20. The summed E-state index contributed by atoms with van der Waals surface area (Å²) < 4.78 is 0. The maximum Gasteiger partial charge on any atom is 0.170 e. The Kier molecular flexibility index (Phi) is 3.14. The average molecular weight is 335 g/mol. The van der Waals surface area contributed by atoms with Gasteiger partial charge in [-0.05, 0) is 59.2 Å². The van der Waals surface area contributed by atoms with E-state index in [0.717, 1.165) is 41.5 Å². The van der Waals surface area contributed by atoms with Crippen molar-refractivity contribution in [3.05, 3.63) is 94.5 Å². The second kappa shape index (κ2) is 5.41. The zero-order chi connectivity index (χ0) is 17.7. The van der Waals surface area contributed by atoms with Crippen molar-refractivity contribution in [3.8, 4) is 17.2 Å². The van der Waals surface area contributed by atoms with Crippen LogP contribution in [0.2, 0.25) is 0 Å². The van der Waals surface area contributed by atoms with Gasteiger partial charge >= 0.3 is 0 Å². The molecule has 0 radical (unpaired) electrons. The zero-order valence-electron chi connectivity index (χ0n) is 14.3. The fourth-order valence-corrected chi connectivity index (χ4v) is 4.65. The second-order valence-corrected chi connectivity index (χ2v) is 7.44. The summed E-state index contributed by atoms with van der Waals surface area (Å²) in [5.74, 6) is 0.264. The standard InChI is InChI=1S/C24H17NO/c25-15-20-7-3-4-8-21(20)16-9-10-19-14-24(23(26)22(19)11-16)12-17-5-1-2-6-18(17)13-24/h1-11H,12-14H2. The second-order valence-electron chi connectivity index (χ2n) is 7.44. The zero-order valence-corrected chi connectivity index (χ0v) is 14.3. The molecule has 26 heavy (non-hydrogen) atoms. The Hall–Kier alpha value is -3.18. The van der Waals surface area contributed by atoms with Crippen molar-refractivity contribution in [2.45, 2.75) is 19.3 Å². The molecule has 5 rings (SSSR count). The highest BCUT2D eigenvalue weighted by atomic mass is 16.1. The number of hydrogen-bond acceptors (Lipinski definition) is 2. The first kappa shape index (κ1) is 15.1. The van der Waals surface area contributed by atoms with Gasteiger partial charge in [-0.25, -0.2) is 0 Å². The molecule has 124 valence electrons. The van der Waals surface area contributed by atoms with Gasteiger partial charge in [0.2, 0.25) is 0 Å². The number of fused-ring (bicyclic) bond motifs is 2. The minimum atomic E-state index is -0.306. The largest absolute Gasteiger partial charge is 0.294 e. The van der Waals surface area contributed by atoms with Crippen LogP contribution >= 0.6 is 0 Å². The number of nitriles is 1. The maximum atomic E-state index is 13.4. The van der Waals surface area contributed by atoms with E-state index in [1.165, 1.54) is 11.1 Å². The molecule has 0 amide bonds. The smallest absolute Gasteiger partial charge is 0.170 e. The minimum absolute atomic E-state index is 0.264. The molecule has 0 heterocycles. The Labute approximate surface area is 152 Å². The summed E-state index contributed by atoms with van der Waals surface area (Å²) in [6.07, 6.45) is 2.48. The monoisotopic (exact) mass is 335 g/mol. The summed E-state index contributed by atoms with van der Waals surface area (Å²) in [6, 6.07) is 24.3. The molecule has 3 aromatic rings. The van der Waals surface area contributed by atoms with E-state index in [1.807, 2.05) is 36.4 Å². The molecular formula is C24H17NO. The first-order valence-corrected chi connectivity index (χ1v) is 8.94. The van der Waals surface area contributed by atoms with Gasteiger partial charge in [0.05, 0.1) is 11.6 Å². The van der Waals surface area contributed by atoms with E-state index in [1.54, 1.807) is 0 Å². The molecule has 2 aliphatic rings. The molecular weight excluding hydrogens is 318 g/mol. The van der Waals surface area contributed by atoms with Crippen molar-refractivity contribution in [2.24, 2.45) is 5.41 Å². The molecule has 1 spiro atoms. The quantitative estimate of drug-likeness (QED) is 0.644. The summed E-state index contributed by atoms with van der Waals surface area (Å²) in [5, 5.41) is 9.38. The molecule has 0 N–H and O–H groups in total. The van der Waals surface area contributed by atoms with Crippen LogP contribution in [0.25, 0.3) is 11.1 Å². The van der Waals surface area contributed by atoms with Crippen LogP contribution in [0.4, 0.5) is 0 Å². The molecule has 0 aromatic heterocycles. The molecule has 2 aliphatic carbocycles. The van der Waals surface area contributed by atoms with Crippen LogP contribution in [0.5, 0.6) is 0 Å². The van der Waals surface area contributed by atoms with Crippen molar-refractivity contribution < 1.29 is 4.79 Å². The molecule has 0 saturated carbocycles. The Morgan fingerprint density at radius 1 is 0.769 bits per heavy atom. The van der Waals surface area contributed by atoms with Gasteiger partial charge in [-0.1, -0.05) is 54.6 Å². The fraction of sp³-hybridized carbons (Fsp3) is 0.167. The summed E-state index contributed by atoms with van der Waals surface area (Å²) in [4.78, 5) is 13.4. The first-order chi connectivity index (χ1) is 12.7. The molecule has 2 nitrogen and oxygen atoms in total. The van der Waals surface area contributed by atoms with Gasteiger partial charge in [0.15, 0.2) is 5.78 Å². The van der Waals surface area contributed by atoms with E-state index in [9.17, 15) is 10.1 Å². The number of Topliss-reactive ketones (excluding diaryl/α,β-unsaturated/α-hetero) is 1. The summed E-state index contributed by atoms with van der Waals surface area (Å²) >= 11 is 0. The third-order valence-corrected chi connectivity index (χ3v) is 5.90. The van der Waals surface area contributed by atoms with E-state index in [0.29, 0.717) is 5.56 Å². The van der Waals surface area contributed by atoms with Crippen LogP contribution in [-0.4, -0.2) is 5.78 Å². The number of benzene rings is 3. The third kappa shape index (κ3) is 2.07. The SMILES string of the molecule is N#Cc1ccccc1-c1ccc2c(c1)C(=O)C1(Cc3ccccc3C1)C2. The lowest BCUT2D eigenvalue weighted by Crippen LogP contribution is -2.28. The number of hydrogen-bond donors (Lipinski definition) is 0. The van der Waals surface area contributed by atoms with Gasteiger partial charge in [-0.3, -0.25) is 4.79 Å². The minimum Gasteiger partial charge on any atom is -0.294 e. The summed E-state index contributed by atoms with van der Waals surface area (Å²) in [7, 11) is 0. The molecule has 0 unspecified atom stereocenters. The van der Waals surface area contributed by atoms with E-state index in [2.05, 4.69) is 36.4 Å². The van der Waals surface area contributed by atoms with Crippen LogP contribution in [0.15, 0.2) is 66.7 Å². The van der Waals surface area contributed by atoms with Crippen molar-refractivity contribution in [1.82, 2.24) is 0 Å². The topological polar surface area (TPSA) is 40.9 Å². The lowest BCUT2D eigenvalue weighted by atomic mass is 9.81. The normalized spacial score (nSPS) is 16.3. The number of ketones is 1. The summed E-state index contributed by atoms with van der Waals surface area (Å²) in [6.45, 7) is 0. The molecule has 0 saturated heterocycles. The van der Waals surface area contributed by atoms with E-state index >= 15 is 0 Å². The summed E-state index contributed by atoms with van der Waals surface area (Å²) in [5.41, 5.74) is 6.76. The van der Waals surface area contributed by atoms with Crippen molar-refractivity contribution in [1.29, 1.82) is 5.26 Å². The molecule has 0 bridgehead atoms. The van der Waals surface area contributed by atoms with E-state index < -0.39 is 0 Å². The molecule has 2 heteroatoms. The average Bonchev–Trinajstić information content (AvgIpc) is 3.18. The van der Waals surface area contributed by atoms with Crippen molar-refractivity contribution in [3.63, 3.8) is 0 Å². The van der Waals surface area contributed by atoms with E-state index in [-0.39, 0.29) is 11.2 Å². The number of carbonyl (C=O) groups excluding carboxylic acids is 1. The van der Waals surface area contributed by atoms with Gasteiger partial charge < -0.3 is 0 Å². The lowest BCUT2D eigenvalue weighted by molar-refractivity contribution is 0.0831. The van der Waals surface area contributed by atoms with Crippen LogP contribution in [0, 0.1) is 16.7 Å². The predicted octanol–water partition coefficient (Wildman–Crippen LogP) is 4.75. The van der Waals surface area contributed by atoms with Gasteiger partial charge in [0.1, 0.15) is 0 Å². The van der Waals surface area contributed by atoms with Crippen molar-refractivity contribution in [2.75, 3.05) is 0 Å². The predicted molar refractivity (Wildman–Crippen MR) is 101 cm³/mol. The van der Waals surface area contributed by atoms with Crippen molar-refractivity contribution >= 4 is 5.78 Å². The van der Waals surface area contributed by atoms with Gasteiger partial charge in [0.25, 0.3) is 0 Å². The molecule has 3 aromatic carbocycles. The van der Waals surface area contributed by atoms with E-state index in [4.69, 9.17) is 0 Å². The highest BCUT2D eigenvalue weighted by Gasteiger charge is 2.48. The van der Waals surface area contributed by atoms with Crippen LogP contribution in [0.1, 0.15) is 32.6 Å². The number of rotatable bonds is 1. The Morgan fingerprint density at radius 2 is 1.42 bits per heavy atom. The Bertz CT molecular complexity index is 1080. The highest BCUT2D eigenvalue weighted by molar-refractivity contribution is 6.06. The van der Waals surface area contributed by atoms with Crippen LogP contribution in [0.3, 0.4) is 0 Å². The van der Waals surface area contributed by atoms with Gasteiger partial charge in [-0.15, -0.1) is 0 Å². The third-order valence-electron chi connectivity index (χ3n) is 5.90. The fourth-order valence-electron chi connectivity index (χ4n) is 4.65. The highest BCUT2D eigenvalue weighted by Crippen LogP contribution is 2.47. The maximum absolute atomic E-state index is 13.4. The van der Waals surface area contributed by atoms with Gasteiger partial charge in [-0.2, -0.15) is 5.26 Å². The van der Waals surface area contributed by atoms with Crippen LogP contribution < -0.4 is 0 Å². The molecule has 0 aliphatic heterocycles. The number of nitrogens with zero attached hydrogens (tertiary/aromatic N) is 1. The van der Waals surface area contributed by atoms with Gasteiger partial charge in [0, 0.05) is 11.0 Å².